The molecule has 0 radical (unpaired) electrons. The summed E-state index contributed by atoms with van der Waals surface area (Å²) in [6.07, 6.45) is 1.57. The first-order valence-corrected chi connectivity index (χ1v) is 9.59. The number of aromatic nitrogens is 3. The van der Waals surface area contributed by atoms with E-state index in [1.54, 1.807) is 31.4 Å². The van der Waals surface area contributed by atoms with E-state index in [1.807, 2.05) is 12.1 Å². The Kier molecular flexibility index (Phi) is 5.30. The van der Waals surface area contributed by atoms with Gasteiger partial charge in [-0.15, -0.1) is 0 Å². The van der Waals surface area contributed by atoms with Crippen molar-refractivity contribution < 1.29 is 19.7 Å². The first-order chi connectivity index (χ1) is 13.9. The van der Waals surface area contributed by atoms with Crippen molar-refractivity contribution in [3.05, 3.63) is 29.7 Å². The summed E-state index contributed by atoms with van der Waals surface area (Å²) < 4.78 is 5.90. The average molecular weight is 420 g/mol. The van der Waals surface area contributed by atoms with Gasteiger partial charge >= 0.3 is 0 Å². The van der Waals surface area contributed by atoms with Gasteiger partial charge in [0.1, 0.15) is 22.8 Å². The number of aliphatic hydroxyl groups excluding tert-OH is 3. The number of hydrogen-bond donors (Lipinski definition) is 4. The molecule has 1 fully saturated rings. The summed E-state index contributed by atoms with van der Waals surface area (Å²) in [5.74, 6) is 0.785. The third-order valence-corrected chi connectivity index (χ3v) is 5.45. The van der Waals surface area contributed by atoms with Gasteiger partial charge in [0.05, 0.1) is 23.9 Å². The minimum Gasteiger partial charge on any atom is -0.454 e. The molecule has 10 heteroatoms. The SMILES string of the molecule is CN(C)c1nc(Cl)c(-c2cc3ccncc3o2)c(N[C@@H]2C[C@H](CO)[C@@H](O)[C@H]2O)n1. The van der Waals surface area contributed by atoms with Crippen molar-refractivity contribution in [1.82, 2.24) is 15.0 Å². The molecule has 1 aliphatic rings. The number of rotatable bonds is 5. The van der Waals surface area contributed by atoms with Crippen LogP contribution in [0.5, 0.6) is 0 Å². The second-order valence-electron chi connectivity index (χ2n) is 7.37. The molecule has 29 heavy (non-hydrogen) atoms. The fourth-order valence-electron chi connectivity index (χ4n) is 3.58. The van der Waals surface area contributed by atoms with Gasteiger partial charge in [-0.25, -0.2) is 4.98 Å². The number of furan rings is 1. The van der Waals surface area contributed by atoms with E-state index in [1.165, 1.54) is 0 Å². The van der Waals surface area contributed by atoms with Crippen molar-refractivity contribution in [3.8, 4) is 11.3 Å². The monoisotopic (exact) mass is 419 g/mol. The molecular formula is C19H22ClN5O4. The molecule has 0 bridgehead atoms. The lowest BCUT2D eigenvalue weighted by atomic mass is 10.1. The van der Waals surface area contributed by atoms with Crippen LogP contribution in [-0.4, -0.2) is 69.2 Å². The molecule has 0 amide bonds. The van der Waals surface area contributed by atoms with E-state index < -0.39 is 24.2 Å². The Morgan fingerprint density at radius 2 is 2.07 bits per heavy atom. The van der Waals surface area contributed by atoms with Gasteiger partial charge in [0.15, 0.2) is 5.58 Å². The molecule has 0 spiro atoms. The highest BCUT2D eigenvalue weighted by Gasteiger charge is 2.41. The van der Waals surface area contributed by atoms with E-state index in [0.717, 1.165) is 5.39 Å². The molecule has 4 N–H and O–H groups in total. The third-order valence-electron chi connectivity index (χ3n) is 5.18. The normalized spacial score (nSPS) is 24.2. The Balaban J connectivity index is 1.79. The van der Waals surface area contributed by atoms with E-state index in [2.05, 4.69) is 20.3 Å². The van der Waals surface area contributed by atoms with Gasteiger partial charge in [-0.05, 0) is 18.6 Å². The fraction of sp³-hybridized carbons (Fsp3) is 0.421. The Morgan fingerprint density at radius 1 is 1.28 bits per heavy atom. The van der Waals surface area contributed by atoms with Crippen LogP contribution in [0.1, 0.15) is 6.42 Å². The predicted octanol–water partition coefficient (Wildman–Crippen LogP) is 1.52. The Bertz CT molecular complexity index is 994. The highest BCUT2D eigenvalue weighted by Crippen LogP contribution is 2.39. The lowest BCUT2D eigenvalue weighted by molar-refractivity contribution is 0.00446. The number of pyridine rings is 1. The van der Waals surface area contributed by atoms with Crippen molar-refractivity contribution >= 4 is 34.3 Å². The zero-order valence-corrected chi connectivity index (χ0v) is 16.7. The summed E-state index contributed by atoms with van der Waals surface area (Å²) in [4.78, 5) is 14.6. The molecule has 154 valence electrons. The first-order valence-electron chi connectivity index (χ1n) is 9.21. The van der Waals surface area contributed by atoms with Crippen molar-refractivity contribution in [2.75, 3.05) is 30.9 Å². The summed E-state index contributed by atoms with van der Waals surface area (Å²) in [7, 11) is 3.58. The second kappa shape index (κ2) is 7.75. The average Bonchev–Trinajstić information content (AvgIpc) is 3.23. The summed E-state index contributed by atoms with van der Waals surface area (Å²) in [5.41, 5.74) is 1.04. The van der Waals surface area contributed by atoms with Gasteiger partial charge in [-0.2, -0.15) is 4.98 Å². The molecule has 3 aromatic heterocycles. The van der Waals surface area contributed by atoms with Crippen molar-refractivity contribution in [2.45, 2.75) is 24.7 Å². The highest BCUT2D eigenvalue weighted by molar-refractivity contribution is 6.32. The summed E-state index contributed by atoms with van der Waals surface area (Å²) in [6, 6.07) is 3.12. The second-order valence-corrected chi connectivity index (χ2v) is 7.72. The smallest absolute Gasteiger partial charge is 0.228 e. The molecule has 1 aliphatic carbocycles. The Hall–Kier alpha value is -2.46. The minimum absolute atomic E-state index is 0.185. The molecule has 0 unspecified atom stereocenters. The van der Waals surface area contributed by atoms with Crippen LogP contribution in [0.15, 0.2) is 28.9 Å². The maximum Gasteiger partial charge on any atom is 0.228 e. The molecule has 0 aromatic carbocycles. The number of anilines is 2. The summed E-state index contributed by atoms with van der Waals surface area (Å²) in [6.45, 7) is -0.215. The molecule has 0 aliphatic heterocycles. The zero-order valence-electron chi connectivity index (χ0n) is 15.9. The lowest BCUT2D eigenvalue weighted by Crippen LogP contribution is -2.35. The largest absolute Gasteiger partial charge is 0.454 e. The number of hydrogen-bond acceptors (Lipinski definition) is 9. The quantitative estimate of drug-likeness (QED) is 0.455. The van der Waals surface area contributed by atoms with Crippen LogP contribution in [0, 0.1) is 5.92 Å². The molecule has 4 rings (SSSR count). The Labute approximate surface area is 172 Å². The Morgan fingerprint density at radius 3 is 2.72 bits per heavy atom. The third kappa shape index (κ3) is 3.62. The van der Waals surface area contributed by atoms with Crippen LogP contribution in [0.3, 0.4) is 0 Å². The van der Waals surface area contributed by atoms with Gasteiger partial charge in [-0.1, -0.05) is 11.6 Å². The summed E-state index contributed by atoms with van der Waals surface area (Å²) in [5, 5.41) is 34.2. The van der Waals surface area contributed by atoms with Crippen LogP contribution in [0.4, 0.5) is 11.8 Å². The first kappa shape index (κ1) is 19.8. The zero-order chi connectivity index (χ0) is 20.7. The van der Waals surface area contributed by atoms with Crippen LogP contribution in [-0.2, 0) is 0 Å². The van der Waals surface area contributed by atoms with Crippen LogP contribution >= 0.6 is 11.6 Å². The topological polar surface area (TPSA) is 128 Å². The fourth-order valence-corrected chi connectivity index (χ4v) is 3.84. The number of aliphatic hydroxyl groups is 3. The van der Waals surface area contributed by atoms with Gasteiger partial charge in [0.2, 0.25) is 5.95 Å². The molecule has 1 saturated carbocycles. The molecule has 3 aromatic rings. The minimum atomic E-state index is -1.06. The van der Waals surface area contributed by atoms with E-state index in [-0.39, 0.29) is 11.8 Å². The standard InChI is InChI=1S/C19H22ClN5O4/c1-25(2)19-23-17(20)14(12-6-9-3-4-21-7-13(9)29-12)18(24-19)22-11-5-10(8-26)15(27)16(11)28/h3-4,6-7,10-11,15-16,26-28H,5,8H2,1-2H3,(H,22,23,24)/t10-,11-,15-,16+/m1/s1. The van der Waals surface area contributed by atoms with Gasteiger partial charge in [0.25, 0.3) is 0 Å². The van der Waals surface area contributed by atoms with Crippen molar-refractivity contribution in [2.24, 2.45) is 5.92 Å². The molecule has 3 heterocycles. The van der Waals surface area contributed by atoms with E-state index in [0.29, 0.717) is 35.1 Å². The van der Waals surface area contributed by atoms with Crippen LogP contribution < -0.4 is 10.2 Å². The maximum atomic E-state index is 10.4. The lowest BCUT2D eigenvalue weighted by Gasteiger charge is -2.21. The highest BCUT2D eigenvalue weighted by atomic mass is 35.5. The van der Waals surface area contributed by atoms with E-state index in [4.69, 9.17) is 16.0 Å². The predicted molar refractivity (Wildman–Crippen MR) is 109 cm³/mol. The van der Waals surface area contributed by atoms with Gasteiger partial charge < -0.3 is 30.0 Å². The maximum absolute atomic E-state index is 10.4. The van der Waals surface area contributed by atoms with Crippen molar-refractivity contribution in [3.63, 3.8) is 0 Å². The van der Waals surface area contributed by atoms with Crippen molar-refractivity contribution in [1.29, 1.82) is 0 Å². The molecule has 0 saturated heterocycles. The molecule has 9 nitrogen and oxygen atoms in total. The number of nitrogens with zero attached hydrogens (tertiary/aromatic N) is 4. The van der Waals surface area contributed by atoms with Gasteiger partial charge in [-0.3, -0.25) is 4.98 Å². The van der Waals surface area contributed by atoms with Crippen LogP contribution in [0.2, 0.25) is 5.15 Å². The molecular weight excluding hydrogens is 398 g/mol. The van der Waals surface area contributed by atoms with E-state index >= 15 is 0 Å². The van der Waals surface area contributed by atoms with Gasteiger partial charge in [0, 0.05) is 38.2 Å². The van der Waals surface area contributed by atoms with E-state index in [9.17, 15) is 15.3 Å². The number of nitrogens with one attached hydrogen (secondary N) is 1. The van der Waals surface area contributed by atoms with Crippen LogP contribution in [0.25, 0.3) is 22.3 Å². The number of halogens is 1. The molecule has 4 atom stereocenters. The number of fused-ring (bicyclic) bond motifs is 1. The summed E-state index contributed by atoms with van der Waals surface area (Å²) >= 11 is 6.50.